The highest BCUT2D eigenvalue weighted by Crippen LogP contribution is 2.32. The number of nitrogens with zero attached hydrogens (tertiary/aromatic N) is 3. The van der Waals surface area contributed by atoms with Crippen LogP contribution in [0.4, 0.5) is 4.79 Å². The number of hydrogen-bond donors (Lipinski definition) is 1. The van der Waals surface area contributed by atoms with Gasteiger partial charge in [-0.1, -0.05) is 46.0 Å². The van der Waals surface area contributed by atoms with E-state index in [1.54, 1.807) is 0 Å². The van der Waals surface area contributed by atoms with E-state index in [1.807, 2.05) is 0 Å². The number of imide groups is 1. The number of amides is 3. The van der Waals surface area contributed by atoms with Crippen molar-refractivity contribution in [1.82, 2.24) is 20.0 Å². The molecule has 1 N–H and O–H groups in total. The summed E-state index contributed by atoms with van der Waals surface area (Å²) in [6.07, 6.45) is 7.27. The topological polar surface area (TPSA) is 55.9 Å². The molecular formula is C19H34N4O2. The molecule has 142 valence electrons. The fourth-order valence-corrected chi connectivity index (χ4v) is 4.48. The smallest absolute Gasteiger partial charge is 0.323 e. The van der Waals surface area contributed by atoms with E-state index in [-0.39, 0.29) is 11.9 Å². The molecule has 0 unspecified atom stereocenters. The monoisotopic (exact) mass is 350 g/mol. The molecule has 2 aliphatic heterocycles. The summed E-state index contributed by atoms with van der Waals surface area (Å²) >= 11 is 0. The largest absolute Gasteiger partial charge is 0.326 e. The van der Waals surface area contributed by atoms with Crippen molar-refractivity contribution >= 4 is 11.9 Å². The van der Waals surface area contributed by atoms with E-state index in [0.29, 0.717) is 12.6 Å². The van der Waals surface area contributed by atoms with Gasteiger partial charge in [-0.25, -0.2) is 9.69 Å². The van der Waals surface area contributed by atoms with Crippen LogP contribution in [0.25, 0.3) is 0 Å². The number of urea groups is 1. The second-order valence-corrected chi connectivity index (χ2v) is 8.47. The SMILES string of the molecule is CC(C)CN1CCN(CN2C(=O)NC3(CCCCCCC3)C2=O)CC1. The van der Waals surface area contributed by atoms with Crippen molar-refractivity contribution in [3.8, 4) is 0 Å². The Balaban J connectivity index is 1.56. The van der Waals surface area contributed by atoms with E-state index in [1.165, 1.54) is 24.2 Å². The number of hydrogen-bond acceptors (Lipinski definition) is 4. The Kier molecular flexibility index (Phi) is 6.00. The van der Waals surface area contributed by atoms with Crippen molar-refractivity contribution in [1.29, 1.82) is 0 Å². The third-order valence-electron chi connectivity index (χ3n) is 5.88. The molecule has 0 atom stereocenters. The summed E-state index contributed by atoms with van der Waals surface area (Å²) in [4.78, 5) is 31.7. The van der Waals surface area contributed by atoms with Crippen LogP contribution in [0.5, 0.6) is 0 Å². The standard InChI is InChI=1S/C19H34N4O2/c1-16(2)14-21-10-12-22(13-11-21)15-23-17(24)19(20-18(23)25)8-6-4-3-5-7-9-19/h16H,3-15H2,1-2H3,(H,20,25). The summed E-state index contributed by atoms with van der Waals surface area (Å²) in [5.41, 5.74) is -0.614. The lowest BCUT2D eigenvalue weighted by molar-refractivity contribution is -0.133. The van der Waals surface area contributed by atoms with Gasteiger partial charge in [0.15, 0.2) is 0 Å². The molecule has 3 rings (SSSR count). The van der Waals surface area contributed by atoms with Crippen molar-refractivity contribution in [3.63, 3.8) is 0 Å². The first kappa shape index (κ1) is 18.6. The van der Waals surface area contributed by atoms with Crippen molar-refractivity contribution < 1.29 is 9.59 Å². The summed E-state index contributed by atoms with van der Waals surface area (Å²) < 4.78 is 0. The molecule has 0 aromatic rings. The molecule has 0 aromatic heterocycles. The van der Waals surface area contributed by atoms with Crippen LogP contribution >= 0.6 is 0 Å². The van der Waals surface area contributed by atoms with Gasteiger partial charge in [0, 0.05) is 32.7 Å². The minimum Gasteiger partial charge on any atom is -0.323 e. The van der Waals surface area contributed by atoms with Crippen LogP contribution < -0.4 is 5.32 Å². The van der Waals surface area contributed by atoms with E-state index in [4.69, 9.17) is 0 Å². The predicted molar refractivity (Wildman–Crippen MR) is 98.1 cm³/mol. The molecule has 25 heavy (non-hydrogen) atoms. The fourth-order valence-electron chi connectivity index (χ4n) is 4.48. The highest BCUT2D eigenvalue weighted by Gasteiger charge is 2.50. The maximum absolute atomic E-state index is 13.0. The van der Waals surface area contributed by atoms with Crippen LogP contribution in [0.2, 0.25) is 0 Å². The van der Waals surface area contributed by atoms with E-state index < -0.39 is 5.54 Å². The molecule has 3 aliphatic rings. The summed E-state index contributed by atoms with van der Waals surface area (Å²) in [7, 11) is 0. The first-order valence-electron chi connectivity index (χ1n) is 10.1. The zero-order valence-electron chi connectivity index (χ0n) is 15.9. The average molecular weight is 351 g/mol. The molecule has 1 saturated carbocycles. The Morgan fingerprint density at radius 3 is 2.08 bits per heavy atom. The van der Waals surface area contributed by atoms with Crippen LogP contribution in [0, 0.1) is 5.92 Å². The lowest BCUT2D eigenvalue weighted by Crippen LogP contribution is -2.52. The third-order valence-corrected chi connectivity index (χ3v) is 5.88. The quantitative estimate of drug-likeness (QED) is 0.790. The maximum atomic E-state index is 13.0. The Morgan fingerprint density at radius 2 is 1.48 bits per heavy atom. The Hall–Kier alpha value is -1.14. The Bertz CT molecular complexity index is 478. The molecule has 0 radical (unpaired) electrons. The molecule has 0 aromatic carbocycles. The van der Waals surface area contributed by atoms with Crippen LogP contribution in [-0.2, 0) is 4.79 Å². The number of carbonyl (C=O) groups excluding carboxylic acids is 2. The second-order valence-electron chi connectivity index (χ2n) is 8.47. The molecule has 1 spiro atoms. The van der Waals surface area contributed by atoms with Gasteiger partial charge in [0.1, 0.15) is 5.54 Å². The van der Waals surface area contributed by atoms with Gasteiger partial charge < -0.3 is 10.2 Å². The molecule has 3 fully saturated rings. The first-order chi connectivity index (χ1) is 12.0. The number of rotatable bonds is 4. The zero-order chi connectivity index (χ0) is 17.9. The normalized spacial score (nSPS) is 26.1. The van der Waals surface area contributed by atoms with Crippen LogP contribution in [-0.4, -0.2) is 71.6 Å². The van der Waals surface area contributed by atoms with E-state index in [0.717, 1.165) is 58.4 Å². The summed E-state index contributed by atoms with van der Waals surface area (Å²) in [5, 5.41) is 3.06. The van der Waals surface area contributed by atoms with E-state index >= 15 is 0 Å². The van der Waals surface area contributed by atoms with Crippen molar-refractivity contribution in [3.05, 3.63) is 0 Å². The Labute approximate surface area is 151 Å². The summed E-state index contributed by atoms with van der Waals surface area (Å²) in [6.45, 7) is 9.96. The zero-order valence-corrected chi connectivity index (χ0v) is 15.9. The second kappa shape index (κ2) is 8.04. The van der Waals surface area contributed by atoms with Crippen molar-refractivity contribution in [2.75, 3.05) is 39.4 Å². The predicted octanol–water partition coefficient (Wildman–Crippen LogP) is 2.25. The van der Waals surface area contributed by atoms with E-state index in [9.17, 15) is 9.59 Å². The minimum atomic E-state index is -0.614. The molecule has 1 aliphatic carbocycles. The average Bonchev–Trinajstić information content (AvgIpc) is 2.77. The fraction of sp³-hybridized carbons (Fsp3) is 0.895. The number of piperazine rings is 1. The lowest BCUT2D eigenvalue weighted by atomic mass is 9.84. The molecule has 6 heteroatoms. The highest BCUT2D eigenvalue weighted by atomic mass is 16.2. The van der Waals surface area contributed by atoms with Gasteiger partial charge in [0.25, 0.3) is 5.91 Å². The molecule has 6 nitrogen and oxygen atoms in total. The third kappa shape index (κ3) is 4.34. The van der Waals surface area contributed by atoms with Crippen LogP contribution in [0.1, 0.15) is 58.8 Å². The minimum absolute atomic E-state index is 0.0176. The van der Waals surface area contributed by atoms with Gasteiger partial charge in [-0.05, 0) is 18.8 Å². The molecule has 2 heterocycles. The first-order valence-corrected chi connectivity index (χ1v) is 10.1. The lowest BCUT2D eigenvalue weighted by Gasteiger charge is -2.36. The molecular weight excluding hydrogens is 316 g/mol. The van der Waals surface area contributed by atoms with Gasteiger partial charge in [-0.2, -0.15) is 0 Å². The van der Waals surface area contributed by atoms with E-state index in [2.05, 4.69) is 29.0 Å². The van der Waals surface area contributed by atoms with Gasteiger partial charge in [0.05, 0.1) is 6.67 Å². The van der Waals surface area contributed by atoms with Crippen LogP contribution in [0.15, 0.2) is 0 Å². The molecule has 2 saturated heterocycles. The number of carbonyl (C=O) groups is 2. The van der Waals surface area contributed by atoms with Crippen LogP contribution in [0.3, 0.4) is 0 Å². The summed E-state index contributed by atoms with van der Waals surface area (Å²) in [6, 6.07) is -0.185. The molecule has 0 bridgehead atoms. The summed E-state index contributed by atoms with van der Waals surface area (Å²) in [5.74, 6) is 0.695. The molecule has 3 amide bonds. The van der Waals surface area contributed by atoms with Crippen molar-refractivity contribution in [2.24, 2.45) is 5.92 Å². The van der Waals surface area contributed by atoms with Gasteiger partial charge in [-0.3, -0.25) is 9.69 Å². The van der Waals surface area contributed by atoms with Gasteiger partial charge >= 0.3 is 6.03 Å². The Morgan fingerprint density at radius 1 is 0.920 bits per heavy atom. The van der Waals surface area contributed by atoms with Gasteiger partial charge in [0.2, 0.25) is 0 Å². The van der Waals surface area contributed by atoms with Gasteiger partial charge in [-0.15, -0.1) is 0 Å². The number of nitrogens with one attached hydrogen (secondary N) is 1. The maximum Gasteiger partial charge on any atom is 0.326 e. The van der Waals surface area contributed by atoms with Crippen molar-refractivity contribution in [2.45, 2.75) is 64.3 Å². The highest BCUT2D eigenvalue weighted by molar-refractivity contribution is 6.07.